The second kappa shape index (κ2) is 20.8. The molecule has 0 amide bonds. The van der Waals surface area contributed by atoms with E-state index in [1.165, 1.54) is 51.4 Å². The zero-order valence-electron chi connectivity index (χ0n) is 24.6. The van der Waals surface area contributed by atoms with E-state index in [4.69, 9.17) is 13.7 Å². The van der Waals surface area contributed by atoms with Crippen molar-refractivity contribution in [1.82, 2.24) is 0 Å². The molecule has 6 nitrogen and oxygen atoms in total. The molecule has 2 atom stereocenters. The molecule has 0 fully saturated rings. The number of Topliss-reactive ketones (excluding diaryl/α,β-unsaturated/α-hetero) is 1. The highest BCUT2D eigenvalue weighted by Gasteiger charge is 2.28. The Hall–Kier alpha value is -2.06. The predicted octanol–water partition coefficient (Wildman–Crippen LogP) is 7.79. The fourth-order valence-corrected chi connectivity index (χ4v) is 5.31. The number of ether oxygens (including phenoxy) is 2. The number of hydrogen-bond acceptors (Lipinski definition) is 6. The van der Waals surface area contributed by atoms with Gasteiger partial charge in [-0.25, -0.2) is 0 Å². The lowest BCUT2D eigenvalue weighted by atomic mass is 10.0. The van der Waals surface area contributed by atoms with Crippen LogP contribution in [0.2, 0.25) is 0 Å². The van der Waals surface area contributed by atoms with Crippen molar-refractivity contribution in [3.8, 4) is 0 Å². The summed E-state index contributed by atoms with van der Waals surface area (Å²) < 4.78 is 41.7. The van der Waals surface area contributed by atoms with E-state index in [0.29, 0.717) is 32.5 Å². The molecule has 0 bridgehead atoms. The summed E-state index contributed by atoms with van der Waals surface area (Å²) in [6.07, 6.45) is 13.1. The topological polar surface area (TPSA) is 78.9 Å². The number of unbranched alkanes of at least 4 members (excludes halogenated alkanes) is 9. The largest absolute Gasteiger partial charge is 0.374 e. The standard InChI is InChI=1S/C33H50O6S/c1-3-4-5-6-7-8-9-10-11-18-23-31(34)24-25-32(38-27-30-21-16-13-17-22-30)33(39-40(2,35)36)28-37-26-29-19-14-12-15-20-29/h12-17,19-22,32-33H,3-11,18,23-28H2,1-2H3/t32-,33-/m1/s1. The lowest BCUT2D eigenvalue weighted by Gasteiger charge is -2.26. The van der Waals surface area contributed by atoms with E-state index in [1.54, 1.807) is 0 Å². The van der Waals surface area contributed by atoms with Crippen LogP contribution in [0, 0.1) is 0 Å². The highest BCUT2D eigenvalue weighted by atomic mass is 32.2. The summed E-state index contributed by atoms with van der Waals surface area (Å²) in [6.45, 7) is 2.89. The van der Waals surface area contributed by atoms with Crippen LogP contribution in [0.15, 0.2) is 60.7 Å². The number of carbonyl (C=O) groups is 1. The Bertz CT molecular complexity index is 1010. The molecule has 0 unspecified atom stereocenters. The molecule has 0 N–H and O–H groups in total. The van der Waals surface area contributed by atoms with Gasteiger partial charge in [-0.2, -0.15) is 8.42 Å². The van der Waals surface area contributed by atoms with Gasteiger partial charge in [0, 0.05) is 12.8 Å². The Morgan fingerprint density at radius 2 is 1.23 bits per heavy atom. The first kappa shape index (κ1) is 34.1. The third-order valence-corrected chi connectivity index (χ3v) is 7.53. The van der Waals surface area contributed by atoms with Crippen LogP contribution in [-0.2, 0) is 41.8 Å². The van der Waals surface area contributed by atoms with E-state index in [9.17, 15) is 13.2 Å². The number of hydrogen-bond donors (Lipinski definition) is 0. The Morgan fingerprint density at radius 3 is 1.77 bits per heavy atom. The van der Waals surface area contributed by atoms with Gasteiger partial charge in [0.25, 0.3) is 10.1 Å². The number of ketones is 1. The van der Waals surface area contributed by atoms with Gasteiger partial charge < -0.3 is 9.47 Å². The van der Waals surface area contributed by atoms with Crippen LogP contribution < -0.4 is 0 Å². The first-order valence-electron chi connectivity index (χ1n) is 15.0. The first-order chi connectivity index (χ1) is 19.4. The summed E-state index contributed by atoms with van der Waals surface area (Å²) in [4.78, 5) is 12.7. The minimum absolute atomic E-state index is 0.0358. The average Bonchev–Trinajstić information content (AvgIpc) is 2.94. The minimum Gasteiger partial charge on any atom is -0.374 e. The summed E-state index contributed by atoms with van der Waals surface area (Å²) in [6, 6.07) is 19.4. The summed E-state index contributed by atoms with van der Waals surface area (Å²) in [5.74, 6) is 0.177. The van der Waals surface area contributed by atoms with E-state index in [0.717, 1.165) is 30.2 Å². The Morgan fingerprint density at radius 1 is 0.700 bits per heavy atom. The maximum Gasteiger partial charge on any atom is 0.264 e. The quantitative estimate of drug-likeness (QED) is 0.0940. The zero-order valence-corrected chi connectivity index (χ0v) is 25.4. The van der Waals surface area contributed by atoms with Gasteiger partial charge in [-0.15, -0.1) is 0 Å². The lowest BCUT2D eigenvalue weighted by Crippen LogP contribution is -2.37. The van der Waals surface area contributed by atoms with E-state index >= 15 is 0 Å². The smallest absolute Gasteiger partial charge is 0.264 e. The van der Waals surface area contributed by atoms with Crippen LogP contribution in [0.25, 0.3) is 0 Å². The molecule has 0 saturated carbocycles. The van der Waals surface area contributed by atoms with Crippen molar-refractivity contribution in [2.75, 3.05) is 12.9 Å². The van der Waals surface area contributed by atoms with Crippen molar-refractivity contribution in [3.05, 3.63) is 71.8 Å². The maximum absolute atomic E-state index is 12.7. The third-order valence-electron chi connectivity index (χ3n) is 6.93. The van der Waals surface area contributed by atoms with E-state index in [2.05, 4.69) is 6.92 Å². The van der Waals surface area contributed by atoms with Crippen LogP contribution in [0.3, 0.4) is 0 Å². The van der Waals surface area contributed by atoms with Crippen molar-refractivity contribution in [3.63, 3.8) is 0 Å². The van der Waals surface area contributed by atoms with Crippen molar-refractivity contribution < 1.29 is 26.9 Å². The predicted molar refractivity (Wildman–Crippen MR) is 162 cm³/mol. The van der Waals surface area contributed by atoms with Gasteiger partial charge in [-0.05, 0) is 24.0 Å². The molecule has 0 spiro atoms. The van der Waals surface area contributed by atoms with Crippen LogP contribution in [0.4, 0.5) is 0 Å². The first-order valence-corrected chi connectivity index (χ1v) is 16.9. The number of benzene rings is 2. The van der Waals surface area contributed by atoms with Gasteiger partial charge in [0.05, 0.1) is 32.2 Å². The second-order valence-electron chi connectivity index (χ2n) is 10.7. The van der Waals surface area contributed by atoms with Gasteiger partial charge in [0.1, 0.15) is 11.9 Å². The van der Waals surface area contributed by atoms with Crippen LogP contribution in [0.1, 0.15) is 102 Å². The highest BCUT2D eigenvalue weighted by Crippen LogP contribution is 2.19. The van der Waals surface area contributed by atoms with E-state index < -0.39 is 22.3 Å². The fraction of sp³-hybridized carbons (Fsp3) is 0.606. The Labute approximate surface area is 242 Å². The van der Waals surface area contributed by atoms with Gasteiger partial charge in [-0.1, -0.05) is 125 Å². The van der Waals surface area contributed by atoms with E-state index in [-0.39, 0.29) is 12.4 Å². The molecule has 7 heteroatoms. The molecule has 0 heterocycles. The zero-order chi connectivity index (χ0) is 28.9. The summed E-state index contributed by atoms with van der Waals surface area (Å²) in [7, 11) is -3.76. The van der Waals surface area contributed by atoms with Crippen LogP contribution in [-0.4, -0.2) is 39.3 Å². The minimum atomic E-state index is -3.76. The summed E-state index contributed by atoms with van der Waals surface area (Å²) in [5.41, 5.74) is 1.95. The molecule has 0 aliphatic heterocycles. The normalized spacial score (nSPS) is 13.2. The molecule has 40 heavy (non-hydrogen) atoms. The molecule has 0 saturated heterocycles. The highest BCUT2D eigenvalue weighted by molar-refractivity contribution is 7.86. The van der Waals surface area contributed by atoms with E-state index in [1.807, 2.05) is 60.7 Å². The average molecular weight is 575 g/mol. The fourth-order valence-electron chi connectivity index (χ4n) is 4.68. The van der Waals surface area contributed by atoms with Gasteiger partial charge in [0.15, 0.2) is 0 Å². The van der Waals surface area contributed by atoms with Crippen molar-refractivity contribution in [1.29, 1.82) is 0 Å². The Balaban J connectivity index is 1.86. The molecule has 2 aromatic rings. The van der Waals surface area contributed by atoms with Gasteiger partial charge in [0.2, 0.25) is 0 Å². The van der Waals surface area contributed by atoms with Crippen molar-refractivity contribution >= 4 is 15.9 Å². The monoisotopic (exact) mass is 574 g/mol. The van der Waals surface area contributed by atoms with Crippen molar-refractivity contribution in [2.45, 2.75) is 116 Å². The Kier molecular flexibility index (Phi) is 17.7. The molecule has 224 valence electrons. The third kappa shape index (κ3) is 16.9. The molecule has 0 aromatic heterocycles. The van der Waals surface area contributed by atoms with Crippen LogP contribution in [0.5, 0.6) is 0 Å². The van der Waals surface area contributed by atoms with Crippen molar-refractivity contribution in [2.24, 2.45) is 0 Å². The van der Waals surface area contributed by atoms with Crippen LogP contribution >= 0.6 is 0 Å². The molecular formula is C33H50O6S. The summed E-state index contributed by atoms with van der Waals surface area (Å²) in [5, 5.41) is 0. The maximum atomic E-state index is 12.7. The molecule has 2 rings (SSSR count). The molecule has 2 aromatic carbocycles. The molecular weight excluding hydrogens is 524 g/mol. The van der Waals surface area contributed by atoms with Gasteiger partial charge >= 0.3 is 0 Å². The molecule has 0 aliphatic rings. The number of rotatable bonds is 24. The second-order valence-corrected chi connectivity index (χ2v) is 12.3. The molecule has 0 aliphatic carbocycles. The lowest BCUT2D eigenvalue weighted by molar-refractivity contribution is -0.121. The molecule has 0 radical (unpaired) electrons. The SMILES string of the molecule is CCCCCCCCCCCCC(=O)CC[C@@H](OCc1ccccc1)[C@@H](COCc1ccccc1)OS(C)(=O)=O. The summed E-state index contributed by atoms with van der Waals surface area (Å²) >= 11 is 0. The number of carbonyl (C=O) groups excluding carboxylic acids is 1. The van der Waals surface area contributed by atoms with Gasteiger partial charge in [-0.3, -0.25) is 8.98 Å².